The molecule has 0 aliphatic carbocycles. The zero-order valence-electron chi connectivity index (χ0n) is 21.7. The minimum Gasteiger partial charge on any atom is -0.497 e. The van der Waals surface area contributed by atoms with Gasteiger partial charge < -0.3 is 30.1 Å². The first-order valence-electron chi connectivity index (χ1n) is 12.2. The van der Waals surface area contributed by atoms with Crippen molar-refractivity contribution in [3.63, 3.8) is 0 Å². The van der Waals surface area contributed by atoms with E-state index in [-0.39, 0.29) is 30.5 Å². The van der Waals surface area contributed by atoms with Gasteiger partial charge in [0.15, 0.2) is 0 Å². The van der Waals surface area contributed by atoms with Gasteiger partial charge in [-0.25, -0.2) is 13.6 Å². The van der Waals surface area contributed by atoms with Crippen LogP contribution in [0.3, 0.4) is 0 Å². The first kappa shape index (κ1) is 27.5. The lowest BCUT2D eigenvalue weighted by atomic mass is 9.89. The highest BCUT2D eigenvalue weighted by Crippen LogP contribution is 2.36. The summed E-state index contributed by atoms with van der Waals surface area (Å²) in [4.78, 5) is 40.6. The lowest BCUT2D eigenvalue weighted by Crippen LogP contribution is -2.67. The summed E-state index contributed by atoms with van der Waals surface area (Å²) in [5.41, 5.74) is -0.289. The van der Waals surface area contributed by atoms with Crippen LogP contribution in [0.2, 0.25) is 19.6 Å². The van der Waals surface area contributed by atoms with Crippen LogP contribution in [0.4, 0.5) is 19.3 Å². The predicted octanol–water partition coefficient (Wildman–Crippen LogP) is 2.70. The summed E-state index contributed by atoms with van der Waals surface area (Å²) in [7, 11) is -0.809. The lowest BCUT2D eigenvalue weighted by molar-refractivity contribution is -0.150. The fourth-order valence-electron chi connectivity index (χ4n) is 5.17. The molecule has 2 heterocycles. The molecule has 2 aliphatic rings. The van der Waals surface area contributed by atoms with Crippen molar-refractivity contribution in [3.05, 3.63) is 53.1 Å². The number of likely N-dealkylation sites (tertiary alicyclic amines) is 1. The number of hydrogen-bond acceptors (Lipinski definition) is 5. The Morgan fingerprint density at radius 2 is 1.76 bits per heavy atom. The van der Waals surface area contributed by atoms with Crippen LogP contribution in [-0.2, 0) is 16.0 Å². The van der Waals surface area contributed by atoms with Crippen molar-refractivity contribution in [1.82, 2.24) is 9.80 Å². The Bertz CT molecular complexity index is 1270. The Labute approximate surface area is 220 Å². The molecule has 9 nitrogen and oxygen atoms in total. The highest BCUT2D eigenvalue weighted by molar-refractivity contribution is 6.88. The van der Waals surface area contributed by atoms with Crippen LogP contribution in [0.1, 0.15) is 23.6 Å². The number of fused-ring (bicyclic) bond motifs is 1. The highest BCUT2D eigenvalue weighted by atomic mass is 28.3. The largest absolute Gasteiger partial charge is 0.497 e. The Balaban J connectivity index is 1.64. The topological polar surface area (TPSA) is 119 Å². The summed E-state index contributed by atoms with van der Waals surface area (Å²) in [6.07, 6.45) is -0.0860. The molecule has 3 N–H and O–H groups in total. The molecular formula is C26H31F2N3O6Si. The normalized spacial score (nSPS) is 18.3. The number of anilines is 1. The summed E-state index contributed by atoms with van der Waals surface area (Å²) in [6.45, 7) is 5.23. The molecule has 2 aromatic rings. The van der Waals surface area contributed by atoms with Gasteiger partial charge in [0.2, 0.25) is 0 Å². The molecule has 3 amide bonds. The van der Waals surface area contributed by atoms with Crippen LogP contribution >= 0.6 is 0 Å². The van der Waals surface area contributed by atoms with Gasteiger partial charge in [-0.05, 0) is 41.8 Å². The molecule has 1 atom stereocenters. The number of nitrogens with one attached hydrogen (secondary N) is 1. The zero-order chi connectivity index (χ0) is 28.0. The minimum atomic E-state index is -2.32. The smallest absolute Gasteiger partial charge is 0.321 e. The maximum atomic E-state index is 14.8. The molecule has 0 unspecified atom stereocenters. The van der Waals surface area contributed by atoms with E-state index < -0.39 is 55.7 Å². The number of aliphatic hydroxyl groups is 1. The van der Waals surface area contributed by atoms with E-state index in [0.29, 0.717) is 17.7 Å². The SMILES string of the molecule is COc1ccc2c(c1)CCN(C(=O)N1CC(O)(CC(=O)O)C1)[C@H]2C(=O)Nc1cc(F)c([Si](C)(C)C)c(F)c1. The molecule has 38 heavy (non-hydrogen) atoms. The van der Waals surface area contributed by atoms with Gasteiger partial charge in [0.1, 0.15) is 29.0 Å². The molecular weight excluding hydrogens is 516 g/mol. The number of nitrogens with zero attached hydrogens (tertiary/aromatic N) is 2. The maximum Gasteiger partial charge on any atom is 0.321 e. The van der Waals surface area contributed by atoms with Crippen LogP contribution in [0.25, 0.3) is 0 Å². The number of hydrogen-bond donors (Lipinski definition) is 3. The number of carboxylic acids is 1. The number of carbonyl (C=O) groups is 3. The van der Waals surface area contributed by atoms with E-state index >= 15 is 0 Å². The second-order valence-corrected chi connectivity index (χ2v) is 15.9. The quantitative estimate of drug-likeness (QED) is 0.479. The maximum absolute atomic E-state index is 14.8. The number of rotatable bonds is 6. The van der Waals surface area contributed by atoms with Crippen molar-refractivity contribution in [2.24, 2.45) is 0 Å². The third-order valence-electron chi connectivity index (χ3n) is 6.85. The number of aliphatic carboxylic acids is 1. The van der Waals surface area contributed by atoms with Crippen LogP contribution < -0.4 is 15.2 Å². The lowest BCUT2D eigenvalue weighted by Gasteiger charge is -2.49. The summed E-state index contributed by atoms with van der Waals surface area (Å²) < 4.78 is 35.0. The predicted molar refractivity (Wildman–Crippen MR) is 138 cm³/mol. The van der Waals surface area contributed by atoms with E-state index in [0.717, 1.165) is 17.7 Å². The Kier molecular flexibility index (Phi) is 7.23. The van der Waals surface area contributed by atoms with Gasteiger partial charge in [-0.1, -0.05) is 25.7 Å². The molecule has 12 heteroatoms. The number of ether oxygens (including phenoxy) is 1. The number of urea groups is 1. The average molecular weight is 548 g/mol. The third-order valence-corrected chi connectivity index (χ3v) is 8.83. The van der Waals surface area contributed by atoms with Gasteiger partial charge >= 0.3 is 12.0 Å². The van der Waals surface area contributed by atoms with Crippen molar-refractivity contribution in [3.8, 4) is 5.75 Å². The fourth-order valence-corrected chi connectivity index (χ4v) is 6.74. The molecule has 0 bridgehead atoms. The minimum absolute atomic E-state index is 0.0361. The van der Waals surface area contributed by atoms with E-state index in [4.69, 9.17) is 9.84 Å². The van der Waals surface area contributed by atoms with Gasteiger partial charge in [-0.15, -0.1) is 0 Å². The highest BCUT2D eigenvalue weighted by Gasteiger charge is 2.48. The molecule has 0 spiro atoms. The number of halogens is 2. The number of carbonyl (C=O) groups excluding carboxylic acids is 2. The van der Waals surface area contributed by atoms with Gasteiger partial charge in [0.05, 0.1) is 34.7 Å². The molecule has 1 fully saturated rings. The first-order chi connectivity index (χ1) is 17.7. The van der Waals surface area contributed by atoms with E-state index in [9.17, 15) is 28.3 Å². The fraction of sp³-hybridized carbons (Fsp3) is 0.423. The Morgan fingerprint density at radius 1 is 1.13 bits per heavy atom. The summed E-state index contributed by atoms with van der Waals surface area (Å²) >= 11 is 0. The molecule has 2 aromatic carbocycles. The van der Waals surface area contributed by atoms with E-state index in [1.54, 1.807) is 18.2 Å². The molecule has 1 saturated heterocycles. The third kappa shape index (κ3) is 5.36. The van der Waals surface area contributed by atoms with Gasteiger partial charge in [-0.3, -0.25) is 9.59 Å². The number of carboxylic acid groups (broad SMARTS) is 1. The van der Waals surface area contributed by atoms with E-state index in [1.807, 2.05) is 19.6 Å². The number of methoxy groups -OCH3 is 1. The summed E-state index contributed by atoms with van der Waals surface area (Å²) in [5, 5.41) is 22.0. The molecule has 0 radical (unpaired) electrons. The van der Waals surface area contributed by atoms with Crippen molar-refractivity contribution in [1.29, 1.82) is 0 Å². The van der Waals surface area contributed by atoms with Crippen LogP contribution in [0, 0.1) is 11.6 Å². The molecule has 204 valence electrons. The molecule has 0 aromatic heterocycles. The monoisotopic (exact) mass is 547 g/mol. The number of amides is 3. The summed E-state index contributed by atoms with van der Waals surface area (Å²) in [5.74, 6) is -2.74. The zero-order valence-corrected chi connectivity index (χ0v) is 22.7. The van der Waals surface area contributed by atoms with Crippen molar-refractivity contribution < 1.29 is 38.1 Å². The number of β-amino-alcohol motifs (C(OH)–C–C–N with tert-alkyl or cyclic N) is 1. The van der Waals surface area contributed by atoms with Crippen LogP contribution in [0.15, 0.2) is 30.3 Å². The van der Waals surface area contributed by atoms with Crippen molar-refractivity contribution in [2.45, 2.75) is 44.1 Å². The van der Waals surface area contributed by atoms with Crippen LogP contribution in [0.5, 0.6) is 5.75 Å². The van der Waals surface area contributed by atoms with Crippen LogP contribution in [-0.4, -0.2) is 78.3 Å². The van der Waals surface area contributed by atoms with Gasteiger partial charge in [-0.2, -0.15) is 0 Å². The second kappa shape index (κ2) is 9.99. The van der Waals surface area contributed by atoms with Gasteiger partial charge in [0.25, 0.3) is 5.91 Å². The molecule has 0 saturated carbocycles. The first-order valence-corrected chi connectivity index (χ1v) is 15.7. The van der Waals surface area contributed by atoms with Crippen molar-refractivity contribution in [2.75, 3.05) is 32.1 Å². The molecule has 2 aliphatic heterocycles. The Hall–Kier alpha value is -3.51. The van der Waals surface area contributed by atoms with E-state index in [1.165, 1.54) is 16.9 Å². The standard InChI is InChI=1S/C26H31F2N3O6Si/c1-37-17-5-6-18-15(9-17)7-8-31(25(35)30-13-26(36,14-30)12-21(32)33)22(18)24(34)29-16-10-19(27)23(20(28)11-16)38(2,3)4/h5-6,9-11,22,36H,7-8,12-14H2,1-4H3,(H,29,34)(H,32,33)/t22-/m1/s1. The summed E-state index contributed by atoms with van der Waals surface area (Å²) in [6, 6.07) is 5.59. The van der Waals surface area contributed by atoms with Gasteiger partial charge in [0, 0.05) is 17.4 Å². The molecule has 4 rings (SSSR count). The Morgan fingerprint density at radius 3 is 2.32 bits per heavy atom. The van der Waals surface area contributed by atoms with Crippen molar-refractivity contribution >= 4 is 36.9 Å². The van der Waals surface area contributed by atoms with E-state index in [2.05, 4.69) is 5.32 Å². The number of benzene rings is 2. The average Bonchev–Trinajstić information content (AvgIpc) is 2.78. The second-order valence-electron chi connectivity index (χ2n) is 10.9.